The standard InChI is InChI=1S/C4H4F3NO/c5-4(6,7)3-1-8-2-9-3/h1,3H,2H2. The zero-order chi connectivity index (χ0) is 6.91. The van der Waals surface area contributed by atoms with Crippen LogP contribution in [0.3, 0.4) is 0 Å². The average molecular weight is 139 g/mol. The van der Waals surface area contributed by atoms with Gasteiger partial charge in [0.1, 0.15) is 6.73 Å². The molecule has 0 aromatic heterocycles. The molecule has 0 bridgehead atoms. The zero-order valence-electron chi connectivity index (χ0n) is 4.35. The molecule has 2 nitrogen and oxygen atoms in total. The first-order chi connectivity index (χ1) is 4.11. The molecule has 0 aliphatic carbocycles. The molecule has 1 aliphatic rings. The minimum Gasteiger partial charge on any atom is -0.341 e. The van der Waals surface area contributed by atoms with Crippen LogP contribution in [0.1, 0.15) is 0 Å². The number of rotatable bonds is 0. The van der Waals surface area contributed by atoms with Gasteiger partial charge in [0.15, 0.2) is 6.10 Å². The van der Waals surface area contributed by atoms with Crippen molar-refractivity contribution in [1.29, 1.82) is 0 Å². The lowest BCUT2D eigenvalue weighted by atomic mass is 10.4. The highest BCUT2D eigenvalue weighted by Gasteiger charge is 2.41. The van der Waals surface area contributed by atoms with Crippen molar-refractivity contribution in [2.24, 2.45) is 4.99 Å². The molecule has 1 aliphatic heterocycles. The lowest BCUT2D eigenvalue weighted by Crippen LogP contribution is -2.29. The van der Waals surface area contributed by atoms with Gasteiger partial charge < -0.3 is 4.74 Å². The third-order valence-electron chi connectivity index (χ3n) is 0.892. The van der Waals surface area contributed by atoms with Crippen molar-refractivity contribution in [2.75, 3.05) is 6.73 Å². The topological polar surface area (TPSA) is 21.6 Å². The highest BCUT2D eigenvalue weighted by molar-refractivity contribution is 5.65. The summed E-state index contributed by atoms with van der Waals surface area (Å²) >= 11 is 0. The summed E-state index contributed by atoms with van der Waals surface area (Å²) in [5.41, 5.74) is 0. The molecule has 0 aromatic carbocycles. The van der Waals surface area contributed by atoms with Gasteiger partial charge >= 0.3 is 6.18 Å². The van der Waals surface area contributed by atoms with E-state index < -0.39 is 12.3 Å². The molecule has 0 saturated heterocycles. The molecule has 1 atom stereocenters. The van der Waals surface area contributed by atoms with E-state index in [1.165, 1.54) is 0 Å². The number of nitrogens with zero attached hydrogens (tertiary/aromatic N) is 1. The van der Waals surface area contributed by atoms with Crippen LogP contribution >= 0.6 is 0 Å². The number of alkyl halides is 3. The zero-order valence-corrected chi connectivity index (χ0v) is 4.35. The highest BCUT2D eigenvalue weighted by Crippen LogP contribution is 2.23. The predicted molar refractivity (Wildman–Crippen MR) is 24.3 cm³/mol. The van der Waals surface area contributed by atoms with Crippen LogP contribution in [-0.2, 0) is 4.74 Å². The Balaban J connectivity index is 2.53. The Morgan fingerprint density at radius 3 is 2.44 bits per heavy atom. The number of hydrogen-bond acceptors (Lipinski definition) is 2. The van der Waals surface area contributed by atoms with Gasteiger partial charge in [-0.1, -0.05) is 0 Å². The molecule has 1 unspecified atom stereocenters. The molecular weight excluding hydrogens is 135 g/mol. The predicted octanol–water partition coefficient (Wildman–Crippen LogP) is 0.976. The van der Waals surface area contributed by atoms with Crippen molar-refractivity contribution in [3.8, 4) is 0 Å². The maximum absolute atomic E-state index is 11.5. The molecule has 0 aromatic rings. The maximum atomic E-state index is 11.5. The molecule has 5 heteroatoms. The van der Waals surface area contributed by atoms with E-state index in [0.29, 0.717) is 0 Å². The molecular formula is C4H4F3NO. The van der Waals surface area contributed by atoms with Gasteiger partial charge in [0.2, 0.25) is 0 Å². The number of halogens is 3. The van der Waals surface area contributed by atoms with Gasteiger partial charge in [-0.2, -0.15) is 13.2 Å². The fourth-order valence-electron chi connectivity index (χ4n) is 0.484. The fourth-order valence-corrected chi connectivity index (χ4v) is 0.484. The second-order valence-corrected chi connectivity index (χ2v) is 1.59. The Morgan fingerprint density at radius 2 is 2.22 bits per heavy atom. The quantitative estimate of drug-likeness (QED) is 0.490. The van der Waals surface area contributed by atoms with Gasteiger partial charge in [-0.05, 0) is 0 Å². The van der Waals surface area contributed by atoms with Crippen molar-refractivity contribution in [2.45, 2.75) is 12.3 Å². The van der Waals surface area contributed by atoms with Crippen LogP contribution in [0, 0.1) is 0 Å². The summed E-state index contributed by atoms with van der Waals surface area (Å²) in [7, 11) is 0. The van der Waals surface area contributed by atoms with Crippen LogP contribution in [0.5, 0.6) is 0 Å². The van der Waals surface area contributed by atoms with E-state index >= 15 is 0 Å². The molecule has 0 spiro atoms. The monoisotopic (exact) mass is 139 g/mol. The SMILES string of the molecule is FC(F)(F)C1C=NCO1. The van der Waals surface area contributed by atoms with Crippen molar-refractivity contribution >= 4 is 6.21 Å². The van der Waals surface area contributed by atoms with E-state index in [1.54, 1.807) is 0 Å². The first kappa shape index (κ1) is 6.54. The number of aliphatic imine (C=N–C) groups is 1. The Kier molecular flexibility index (Phi) is 1.44. The highest BCUT2D eigenvalue weighted by atomic mass is 19.4. The second kappa shape index (κ2) is 1.98. The fraction of sp³-hybridized carbons (Fsp3) is 0.750. The summed E-state index contributed by atoms with van der Waals surface area (Å²) in [6.45, 7) is -0.176. The molecule has 9 heavy (non-hydrogen) atoms. The van der Waals surface area contributed by atoms with E-state index in [0.717, 1.165) is 6.21 Å². The van der Waals surface area contributed by atoms with E-state index in [-0.39, 0.29) is 6.73 Å². The minimum atomic E-state index is -4.29. The van der Waals surface area contributed by atoms with Crippen molar-refractivity contribution < 1.29 is 17.9 Å². The molecule has 0 saturated carbocycles. The van der Waals surface area contributed by atoms with Crippen molar-refractivity contribution in [1.82, 2.24) is 0 Å². The molecule has 52 valence electrons. The average Bonchev–Trinajstić information content (AvgIpc) is 2.08. The van der Waals surface area contributed by atoms with Crippen molar-refractivity contribution in [3.05, 3.63) is 0 Å². The Bertz CT molecular complexity index is 130. The summed E-state index contributed by atoms with van der Waals surface area (Å²) < 4.78 is 38.8. The lowest BCUT2D eigenvalue weighted by molar-refractivity contribution is -0.189. The van der Waals surface area contributed by atoms with Crippen LogP contribution in [-0.4, -0.2) is 25.2 Å². The largest absolute Gasteiger partial charge is 0.419 e. The molecule has 0 N–H and O–H groups in total. The summed E-state index contributed by atoms with van der Waals surface area (Å²) in [6.07, 6.45) is -5.31. The Morgan fingerprint density at radius 1 is 1.56 bits per heavy atom. The van der Waals surface area contributed by atoms with Crippen LogP contribution in [0.4, 0.5) is 13.2 Å². The smallest absolute Gasteiger partial charge is 0.341 e. The van der Waals surface area contributed by atoms with Gasteiger partial charge in [-0.25, -0.2) is 0 Å². The van der Waals surface area contributed by atoms with Crippen molar-refractivity contribution in [3.63, 3.8) is 0 Å². The summed E-state index contributed by atoms with van der Waals surface area (Å²) in [4.78, 5) is 3.26. The normalized spacial score (nSPS) is 27.2. The van der Waals surface area contributed by atoms with Crippen LogP contribution in [0.2, 0.25) is 0 Å². The summed E-state index contributed by atoms with van der Waals surface area (Å²) in [5.74, 6) is 0. The van der Waals surface area contributed by atoms with Gasteiger partial charge in [0.25, 0.3) is 0 Å². The summed E-state index contributed by atoms with van der Waals surface area (Å²) in [6, 6.07) is 0. The molecule has 1 heterocycles. The van der Waals surface area contributed by atoms with Crippen LogP contribution in [0.25, 0.3) is 0 Å². The molecule has 0 amide bonds. The van der Waals surface area contributed by atoms with Gasteiger partial charge in [-0.15, -0.1) is 0 Å². The Labute approximate surface area is 49.3 Å². The second-order valence-electron chi connectivity index (χ2n) is 1.59. The third kappa shape index (κ3) is 1.41. The first-order valence-electron chi connectivity index (χ1n) is 2.29. The van der Waals surface area contributed by atoms with Gasteiger partial charge in [0.05, 0.1) is 0 Å². The molecule has 1 rings (SSSR count). The molecule has 0 fully saturated rings. The van der Waals surface area contributed by atoms with E-state index in [4.69, 9.17) is 0 Å². The van der Waals surface area contributed by atoms with Gasteiger partial charge in [-0.3, -0.25) is 4.99 Å². The maximum Gasteiger partial charge on any atom is 0.419 e. The van der Waals surface area contributed by atoms with E-state index in [9.17, 15) is 13.2 Å². The van der Waals surface area contributed by atoms with E-state index in [2.05, 4.69) is 9.73 Å². The van der Waals surface area contributed by atoms with Crippen LogP contribution in [0.15, 0.2) is 4.99 Å². The number of ether oxygens (including phenoxy) is 1. The lowest BCUT2D eigenvalue weighted by Gasteiger charge is -2.09. The number of hydrogen-bond donors (Lipinski definition) is 0. The van der Waals surface area contributed by atoms with Crippen LogP contribution < -0.4 is 0 Å². The summed E-state index contributed by atoms with van der Waals surface area (Å²) in [5, 5.41) is 0. The third-order valence-corrected chi connectivity index (χ3v) is 0.892. The molecule has 0 radical (unpaired) electrons. The Hall–Kier alpha value is -0.580. The van der Waals surface area contributed by atoms with E-state index in [1.807, 2.05) is 0 Å². The first-order valence-corrected chi connectivity index (χ1v) is 2.29. The minimum absolute atomic E-state index is 0.176. The van der Waals surface area contributed by atoms with Gasteiger partial charge in [0, 0.05) is 6.21 Å².